The summed E-state index contributed by atoms with van der Waals surface area (Å²) in [6.45, 7) is 1.39. The van der Waals surface area contributed by atoms with Crippen LogP contribution in [-0.4, -0.2) is 49.5 Å². The van der Waals surface area contributed by atoms with Crippen LogP contribution in [0.4, 0.5) is 17.6 Å². The molecule has 1 saturated heterocycles. The quantitative estimate of drug-likeness (QED) is 0.553. The third-order valence-corrected chi connectivity index (χ3v) is 3.32. The lowest BCUT2D eigenvalue weighted by atomic mass is 9.97. The average Bonchev–Trinajstić information content (AvgIpc) is 2.32. The molecule has 0 spiro atoms. The third kappa shape index (κ3) is 6.85. The number of alkyl halides is 4. The Morgan fingerprint density at radius 2 is 1.85 bits per heavy atom. The lowest BCUT2D eigenvalue weighted by Crippen LogP contribution is -2.41. The zero-order valence-corrected chi connectivity index (χ0v) is 11.6. The standard InChI is InChI=1S/C13H22F4O3/c1-12(14,15)9-13(16,17)11(18)8-20-7-4-10-2-5-19-6-3-10/h10-11,18H,2-9H2,1H3. The second-order valence-corrected chi connectivity index (χ2v) is 5.44. The van der Waals surface area contributed by atoms with Crippen molar-refractivity contribution < 1.29 is 32.1 Å². The molecule has 1 rings (SSSR count). The summed E-state index contributed by atoms with van der Waals surface area (Å²) in [4.78, 5) is 0. The number of hydrogen-bond acceptors (Lipinski definition) is 3. The predicted molar refractivity (Wildman–Crippen MR) is 65.2 cm³/mol. The molecule has 0 bridgehead atoms. The molecule has 1 heterocycles. The molecule has 0 aliphatic carbocycles. The van der Waals surface area contributed by atoms with Gasteiger partial charge in [0, 0.05) is 19.8 Å². The molecule has 1 aliphatic rings. The minimum Gasteiger partial charge on any atom is -0.384 e. The lowest BCUT2D eigenvalue weighted by molar-refractivity contribution is -0.175. The van der Waals surface area contributed by atoms with E-state index in [-0.39, 0.29) is 6.61 Å². The van der Waals surface area contributed by atoms with Crippen molar-refractivity contribution in [3.63, 3.8) is 0 Å². The summed E-state index contributed by atoms with van der Waals surface area (Å²) >= 11 is 0. The lowest BCUT2D eigenvalue weighted by Gasteiger charge is -2.26. The molecule has 1 atom stereocenters. The van der Waals surface area contributed by atoms with Crippen LogP contribution >= 0.6 is 0 Å². The van der Waals surface area contributed by atoms with E-state index in [1.165, 1.54) is 0 Å². The Morgan fingerprint density at radius 3 is 2.40 bits per heavy atom. The van der Waals surface area contributed by atoms with Crippen molar-refractivity contribution in [3.05, 3.63) is 0 Å². The van der Waals surface area contributed by atoms with Crippen LogP contribution < -0.4 is 0 Å². The van der Waals surface area contributed by atoms with Gasteiger partial charge in [-0.25, -0.2) is 17.6 Å². The Kier molecular flexibility index (Phi) is 6.68. The van der Waals surface area contributed by atoms with Crippen LogP contribution in [0.3, 0.4) is 0 Å². The van der Waals surface area contributed by atoms with E-state index in [1.807, 2.05) is 0 Å². The number of halogens is 4. The maximum atomic E-state index is 13.3. The molecule has 1 unspecified atom stereocenters. The molecule has 0 radical (unpaired) electrons. The molecule has 7 heteroatoms. The summed E-state index contributed by atoms with van der Waals surface area (Å²) in [5.41, 5.74) is 0. The van der Waals surface area contributed by atoms with Crippen LogP contribution in [0.2, 0.25) is 0 Å². The molecular formula is C13H22F4O3. The van der Waals surface area contributed by atoms with Gasteiger partial charge >= 0.3 is 0 Å². The smallest absolute Gasteiger partial charge is 0.281 e. The van der Waals surface area contributed by atoms with Gasteiger partial charge < -0.3 is 14.6 Å². The predicted octanol–water partition coefficient (Wildman–Crippen LogP) is 2.86. The Hall–Kier alpha value is -0.400. The van der Waals surface area contributed by atoms with Gasteiger partial charge in [0.2, 0.25) is 0 Å². The monoisotopic (exact) mass is 302 g/mol. The first-order chi connectivity index (χ1) is 9.21. The Balaban J connectivity index is 2.19. The largest absolute Gasteiger partial charge is 0.384 e. The molecular weight excluding hydrogens is 280 g/mol. The maximum Gasteiger partial charge on any atom is 0.281 e. The van der Waals surface area contributed by atoms with Gasteiger partial charge in [-0.3, -0.25) is 0 Å². The van der Waals surface area contributed by atoms with E-state index in [1.54, 1.807) is 0 Å². The highest BCUT2D eigenvalue weighted by molar-refractivity contribution is 4.81. The highest BCUT2D eigenvalue weighted by Gasteiger charge is 2.45. The first-order valence-corrected chi connectivity index (χ1v) is 6.80. The summed E-state index contributed by atoms with van der Waals surface area (Å²) in [5, 5.41) is 9.25. The molecule has 0 aromatic rings. The summed E-state index contributed by atoms with van der Waals surface area (Å²) in [6, 6.07) is 0. The van der Waals surface area contributed by atoms with Gasteiger partial charge in [-0.2, -0.15) is 0 Å². The fourth-order valence-electron chi connectivity index (χ4n) is 2.13. The van der Waals surface area contributed by atoms with E-state index in [2.05, 4.69) is 0 Å². The van der Waals surface area contributed by atoms with Crippen molar-refractivity contribution in [2.45, 2.75) is 50.6 Å². The van der Waals surface area contributed by atoms with Crippen molar-refractivity contribution in [3.8, 4) is 0 Å². The number of hydrogen-bond donors (Lipinski definition) is 1. The topological polar surface area (TPSA) is 38.7 Å². The normalized spacial score (nSPS) is 20.1. The molecule has 0 amide bonds. The van der Waals surface area contributed by atoms with E-state index in [4.69, 9.17) is 9.47 Å². The molecule has 120 valence electrons. The third-order valence-electron chi connectivity index (χ3n) is 3.32. The summed E-state index contributed by atoms with van der Waals surface area (Å²) in [6.07, 6.45) is -1.37. The second kappa shape index (κ2) is 7.56. The fraction of sp³-hybridized carbons (Fsp3) is 1.00. The number of aliphatic hydroxyl groups excluding tert-OH is 1. The van der Waals surface area contributed by atoms with Gasteiger partial charge in [-0.1, -0.05) is 0 Å². The van der Waals surface area contributed by atoms with Gasteiger partial charge in [0.25, 0.3) is 11.8 Å². The van der Waals surface area contributed by atoms with Gasteiger partial charge in [0.15, 0.2) is 0 Å². The number of rotatable bonds is 8. The fourth-order valence-corrected chi connectivity index (χ4v) is 2.13. The molecule has 0 aromatic carbocycles. The van der Waals surface area contributed by atoms with Gasteiger partial charge in [0.1, 0.15) is 6.10 Å². The minimum atomic E-state index is -3.85. The van der Waals surface area contributed by atoms with Gasteiger partial charge in [0.05, 0.1) is 13.0 Å². The molecule has 1 aliphatic heterocycles. The van der Waals surface area contributed by atoms with Gasteiger partial charge in [-0.15, -0.1) is 0 Å². The molecule has 1 N–H and O–H groups in total. The Labute approximate surface area is 116 Å². The number of ether oxygens (including phenoxy) is 2. The zero-order valence-electron chi connectivity index (χ0n) is 11.6. The van der Waals surface area contributed by atoms with E-state index in [0.717, 1.165) is 12.8 Å². The first kappa shape index (κ1) is 17.7. The van der Waals surface area contributed by atoms with E-state index < -0.39 is 31.0 Å². The maximum absolute atomic E-state index is 13.3. The Bertz CT molecular complexity index is 275. The van der Waals surface area contributed by atoms with Crippen LogP contribution in [0.1, 0.15) is 32.6 Å². The van der Waals surface area contributed by atoms with Crippen LogP contribution in [0.25, 0.3) is 0 Å². The SMILES string of the molecule is CC(F)(F)CC(F)(F)C(O)COCCC1CCOCC1. The molecule has 3 nitrogen and oxygen atoms in total. The molecule has 0 saturated carbocycles. The van der Waals surface area contributed by atoms with Gasteiger partial charge in [-0.05, 0) is 32.1 Å². The molecule has 0 aromatic heterocycles. The Morgan fingerprint density at radius 1 is 1.25 bits per heavy atom. The second-order valence-electron chi connectivity index (χ2n) is 5.44. The van der Waals surface area contributed by atoms with Crippen molar-refractivity contribution >= 4 is 0 Å². The minimum absolute atomic E-state index is 0.236. The van der Waals surface area contributed by atoms with E-state index in [0.29, 0.717) is 32.5 Å². The molecule has 20 heavy (non-hydrogen) atoms. The first-order valence-electron chi connectivity index (χ1n) is 6.80. The highest BCUT2D eigenvalue weighted by atomic mass is 19.3. The zero-order chi connectivity index (χ0) is 15.2. The summed E-state index contributed by atoms with van der Waals surface area (Å²) in [7, 11) is 0. The van der Waals surface area contributed by atoms with Crippen molar-refractivity contribution in [1.82, 2.24) is 0 Å². The van der Waals surface area contributed by atoms with E-state index >= 15 is 0 Å². The van der Waals surface area contributed by atoms with Crippen molar-refractivity contribution in [2.24, 2.45) is 5.92 Å². The van der Waals surface area contributed by atoms with Crippen LogP contribution in [-0.2, 0) is 9.47 Å². The number of aliphatic hydroxyl groups is 1. The molecule has 1 fully saturated rings. The van der Waals surface area contributed by atoms with Crippen LogP contribution in [0, 0.1) is 5.92 Å². The summed E-state index contributed by atoms with van der Waals surface area (Å²) in [5.74, 6) is -6.94. The van der Waals surface area contributed by atoms with E-state index in [9.17, 15) is 22.7 Å². The average molecular weight is 302 g/mol. The summed E-state index contributed by atoms with van der Waals surface area (Å²) < 4.78 is 61.8. The highest BCUT2D eigenvalue weighted by Crippen LogP contribution is 2.32. The van der Waals surface area contributed by atoms with Crippen LogP contribution in [0.15, 0.2) is 0 Å². The van der Waals surface area contributed by atoms with Crippen molar-refractivity contribution in [2.75, 3.05) is 26.4 Å². The van der Waals surface area contributed by atoms with Crippen LogP contribution in [0.5, 0.6) is 0 Å². The van der Waals surface area contributed by atoms with Crippen molar-refractivity contribution in [1.29, 1.82) is 0 Å².